The average Bonchev–Trinajstić information content (AvgIpc) is 3.43. The lowest BCUT2D eigenvalue weighted by Crippen LogP contribution is -2.37. The van der Waals surface area contributed by atoms with Gasteiger partial charge < -0.3 is 0 Å². The lowest BCUT2D eigenvalue weighted by molar-refractivity contribution is -0.123. The normalized spacial score (nSPS) is 21.5. The molecule has 1 nitrogen and oxygen atoms in total. The van der Waals surface area contributed by atoms with Gasteiger partial charge in [0.2, 0.25) is 0 Å². The number of carbonyl (C=O) groups excluding carboxylic acids is 1. The fourth-order valence-electron chi connectivity index (χ4n) is 6.81. The number of allylic oxidation sites excluding steroid dienone is 8. The highest BCUT2D eigenvalue weighted by atomic mass is 16.1. The van der Waals surface area contributed by atoms with E-state index in [4.69, 9.17) is 0 Å². The molecule has 0 saturated heterocycles. The Bertz CT molecular complexity index is 833. The summed E-state index contributed by atoms with van der Waals surface area (Å²) >= 11 is 0. The summed E-state index contributed by atoms with van der Waals surface area (Å²) in [5, 5.41) is 0. The summed E-state index contributed by atoms with van der Waals surface area (Å²) in [6.07, 6.45) is 30.2. The largest absolute Gasteiger partial charge is 0.293 e. The second-order valence-electron chi connectivity index (χ2n) is 12.0. The summed E-state index contributed by atoms with van der Waals surface area (Å²) in [6, 6.07) is 0. The van der Waals surface area contributed by atoms with Crippen LogP contribution >= 0.6 is 0 Å². The zero-order chi connectivity index (χ0) is 25.1. The molecule has 0 aliphatic heterocycles. The summed E-state index contributed by atoms with van der Waals surface area (Å²) in [6.45, 7) is 9.06. The molecule has 3 rings (SSSR count). The Morgan fingerprint density at radius 1 is 0.600 bits per heavy atom. The molecule has 0 spiro atoms. The summed E-state index contributed by atoms with van der Waals surface area (Å²) in [5.41, 5.74) is 8.00. The van der Waals surface area contributed by atoms with Crippen molar-refractivity contribution in [3.05, 3.63) is 45.6 Å². The lowest BCUT2D eigenvalue weighted by atomic mass is 9.63. The third kappa shape index (κ3) is 7.33. The number of rotatable bonds is 18. The van der Waals surface area contributed by atoms with Crippen LogP contribution in [-0.2, 0) is 4.79 Å². The predicted octanol–water partition coefficient (Wildman–Crippen LogP) is 10.9. The highest BCUT2D eigenvalue weighted by molar-refractivity contribution is 6.09. The van der Waals surface area contributed by atoms with Gasteiger partial charge in [-0.25, -0.2) is 0 Å². The van der Waals surface area contributed by atoms with Crippen LogP contribution in [0.3, 0.4) is 0 Å². The van der Waals surface area contributed by atoms with Crippen molar-refractivity contribution in [3.8, 4) is 0 Å². The number of unbranched alkanes of at least 4 members (excludes halogenated alkanes) is 14. The van der Waals surface area contributed by atoms with Gasteiger partial charge in [-0.1, -0.05) is 140 Å². The maximum Gasteiger partial charge on any atom is 0.173 e. The van der Waals surface area contributed by atoms with Crippen molar-refractivity contribution in [1.82, 2.24) is 0 Å². The molecule has 0 bridgehead atoms. The van der Waals surface area contributed by atoms with Crippen molar-refractivity contribution in [3.63, 3.8) is 0 Å². The van der Waals surface area contributed by atoms with E-state index < -0.39 is 0 Å². The molecule has 0 heterocycles. The number of fused-ring (bicyclic) bond motifs is 1. The molecule has 0 radical (unpaired) electrons. The fourth-order valence-corrected chi connectivity index (χ4v) is 6.81. The summed E-state index contributed by atoms with van der Waals surface area (Å²) in [7, 11) is 0. The summed E-state index contributed by atoms with van der Waals surface area (Å²) < 4.78 is 0. The van der Waals surface area contributed by atoms with Crippen LogP contribution in [0.15, 0.2) is 45.6 Å². The van der Waals surface area contributed by atoms with Crippen molar-refractivity contribution < 1.29 is 4.79 Å². The topological polar surface area (TPSA) is 17.1 Å². The molecule has 0 N–H and O–H groups in total. The Balaban J connectivity index is 1.63. The van der Waals surface area contributed by atoms with Crippen molar-refractivity contribution in [2.45, 2.75) is 156 Å². The molecule has 0 fully saturated rings. The molecular formula is C34H54O. The van der Waals surface area contributed by atoms with Gasteiger partial charge in [0.25, 0.3) is 0 Å². The van der Waals surface area contributed by atoms with Gasteiger partial charge in [0.15, 0.2) is 5.78 Å². The third-order valence-electron chi connectivity index (χ3n) is 8.82. The maximum absolute atomic E-state index is 14.2. The Labute approximate surface area is 217 Å². The molecule has 3 aliphatic carbocycles. The molecule has 0 saturated carbocycles. The summed E-state index contributed by atoms with van der Waals surface area (Å²) in [4.78, 5) is 14.2. The van der Waals surface area contributed by atoms with Gasteiger partial charge in [0.1, 0.15) is 0 Å². The van der Waals surface area contributed by atoms with Crippen LogP contribution in [0.2, 0.25) is 0 Å². The number of ketones is 1. The first-order valence-electron chi connectivity index (χ1n) is 15.4. The summed E-state index contributed by atoms with van der Waals surface area (Å²) in [5.74, 6) is 0.471. The van der Waals surface area contributed by atoms with E-state index in [1.54, 1.807) is 0 Å². The first-order chi connectivity index (χ1) is 17.0. The molecule has 0 aromatic rings. The Morgan fingerprint density at radius 3 is 1.54 bits per heavy atom. The second-order valence-corrected chi connectivity index (χ2v) is 12.0. The van der Waals surface area contributed by atoms with Gasteiger partial charge in [-0.3, -0.25) is 4.79 Å². The second kappa shape index (κ2) is 14.4. The third-order valence-corrected chi connectivity index (χ3v) is 8.82. The Hall–Kier alpha value is -1.37. The zero-order valence-corrected chi connectivity index (χ0v) is 23.7. The van der Waals surface area contributed by atoms with E-state index in [0.717, 1.165) is 31.3 Å². The van der Waals surface area contributed by atoms with Crippen LogP contribution < -0.4 is 0 Å². The fraction of sp³-hybridized carbons (Fsp3) is 0.735. The molecule has 1 unspecified atom stereocenters. The first kappa shape index (κ1) is 28.2. The van der Waals surface area contributed by atoms with E-state index >= 15 is 0 Å². The molecule has 0 aromatic heterocycles. The van der Waals surface area contributed by atoms with E-state index in [1.807, 2.05) is 0 Å². The molecule has 0 aromatic carbocycles. The van der Waals surface area contributed by atoms with Crippen molar-refractivity contribution in [2.24, 2.45) is 5.41 Å². The molecular weight excluding hydrogens is 424 g/mol. The Kier molecular flexibility index (Phi) is 11.6. The molecule has 1 atom stereocenters. The van der Waals surface area contributed by atoms with Gasteiger partial charge in [-0.2, -0.15) is 0 Å². The minimum absolute atomic E-state index is 0.252. The van der Waals surface area contributed by atoms with Crippen molar-refractivity contribution in [1.29, 1.82) is 0 Å². The minimum atomic E-state index is -0.252. The number of hydrogen-bond donors (Lipinski definition) is 0. The molecule has 0 amide bonds. The van der Waals surface area contributed by atoms with Crippen molar-refractivity contribution >= 4 is 5.78 Å². The van der Waals surface area contributed by atoms with Crippen LogP contribution in [0.5, 0.6) is 0 Å². The average molecular weight is 479 g/mol. The SMILES string of the molecule is CCCCCCCCCCCCC1(CCCCCCCC)C(=O)C2=C(CC(C)=C2)C2=C1C=C(C)C2. The number of Topliss-reactive ketones (excluding diaryl/α,β-unsaturated/α-hetero) is 1. The number of carbonyl (C=O) groups is 1. The lowest BCUT2D eigenvalue weighted by Gasteiger charge is -2.38. The van der Waals surface area contributed by atoms with Crippen LogP contribution in [0.25, 0.3) is 0 Å². The quantitative estimate of drug-likeness (QED) is 0.179. The van der Waals surface area contributed by atoms with Gasteiger partial charge in [-0.15, -0.1) is 0 Å². The van der Waals surface area contributed by atoms with Crippen LogP contribution in [-0.4, -0.2) is 5.78 Å². The van der Waals surface area contributed by atoms with Gasteiger partial charge in [0.05, 0.1) is 5.41 Å². The van der Waals surface area contributed by atoms with E-state index in [0.29, 0.717) is 5.78 Å². The van der Waals surface area contributed by atoms with Gasteiger partial charge in [-0.05, 0) is 56.3 Å². The van der Waals surface area contributed by atoms with E-state index in [-0.39, 0.29) is 5.41 Å². The van der Waals surface area contributed by atoms with E-state index in [1.165, 1.54) is 131 Å². The van der Waals surface area contributed by atoms with Crippen LogP contribution in [0, 0.1) is 5.41 Å². The van der Waals surface area contributed by atoms with Gasteiger partial charge in [0, 0.05) is 5.57 Å². The van der Waals surface area contributed by atoms with Gasteiger partial charge >= 0.3 is 0 Å². The van der Waals surface area contributed by atoms with Crippen molar-refractivity contribution in [2.75, 3.05) is 0 Å². The highest BCUT2D eigenvalue weighted by Gasteiger charge is 2.48. The monoisotopic (exact) mass is 478 g/mol. The zero-order valence-electron chi connectivity index (χ0n) is 23.7. The molecule has 3 aliphatic rings. The van der Waals surface area contributed by atoms with Crippen LogP contribution in [0.1, 0.15) is 156 Å². The van der Waals surface area contributed by atoms with Crippen LogP contribution in [0.4, 0.5) is 0 Å². The molecule has 196 valence electrons. The molecule has 1 heteroatoms. The molecule has 35 heavy (non-hydrogen) atoms. The van der Waals surface area contributed by atoms with E-state index in [9.17, 15) is 4.79 Å². The highest BCUT2D eigenvalue weighted by Crippen LogP contribution is 2.55. The number of hydrogen-bond acceptors (Lipinski definition) is 1. The smallest absolute Gasteiger partial charge is 0.173 e. The maximum atomic E-state index is 14.2. The van der Waals surface area contributed by atoms with E-state index in [2.05, 4.69) is 39.8 Å². The predicted molar refractivity (Wildman–Crippen MR) is 153 cm³/mol. The first-order valence-corrected chi connectivity index (χ1v) is 15.4. The Morgan fingerprint density at radius 2 is 1.03 bits per heavy atom. The standard InChI is InChI=1S/C34H54O/c1-5-7-9-11-13-14-15-16-18-20-22-34(21-19-17-12-10-8-6-2)32-26-28(4)24-30(32)29-23-27(3)25-31(29)33(34)35/h25-26H,5-24H2,1-4H3. The minimum Gasteiger partial charge on any atom is -0.293 e.